The first-order valence-corrected chi connectivity index (χ1v) is 9.58. The fraction of sp³-hybridized carbons (Fsp3) is 0.300. The molecule has 1 unspecified atom stereocenters. The van der Waals surface area contributed by atoms with E-state index in [1.807, 2.05) is 12.3 Å². The van der Waals surface area contributed by atoms with Crippen molar-refractivity contribution >= 4 is 23.3 Å². The second-order valence-electron chi connectivity index (χ2n) is 6.79. The molecule has 0 bridgehead atoms. The van der Waals surface area contributed by atoms with Gasteiger partial charge in [-0.15, -0.1) is 0 Å². The van der Waals surface area contributed by atoms with Crippen molar-refractivity contribution < 1.29 is 18.9 Å². The monoisotopic (exact) mass is 436 g/mol. The first-order valence-electron chi connectivity index (χ1n) is 9.58. The maximum Gasteiger partial charge on any atom is 0.211 e. The molecule has 1 fully saturated rings. The number of guanidine groups is 1. The number of pyridine rings is 1. The summed E-state index contributed by atoms with van der Waals surface area (Å²) in [6.07, 6.45) is 1.35. The first kappa shape index (κ1) is 21.0. The Kier molecular flexibility index (Phi) is 5.81. The Balaban J connectivity index is 1.77. The van der Waals surface area contributed by atoms with Crippen molar-refractivity contribution in [3.8, 4) is 23.8 Å². The molecule has 2 aliphatic heterocycles. The number of aliphatic imine (C=N–C) groups is 1. The van der Waals surface area contributed by atoms with E-state index in [1.165, 1.54) is 7.11 Å². The Labute approximate surface area is 183 Å². The van der Waals surface area contributed by atoms with Crippen LogP contribution in [0.5, 0.6) is 11.5 Å². The van der Waals surface area contributed by atoms with Crippen LogP contribution >= 0.6 is 0 Å². The van der Waals surface area contributed by atoms with Crippen LogP contribution in [0.4, 0.5) is 17.3 Å². The van der Waals surface area contributed by atoms with Crippen LogP contribution in [0.1, 0.15) is 22.7 Å². The van der Waals surface area contributed by atoms with Gasteiger partial charge in [-0.2, -0.15) is 10.5 Å². The lowest BCUT2D eigenvalue weighted by atomic mass is 9.95. The third-order valence-electron chi connectivity index (χ3n) is 4.93. The molecular weight excluding hydrogens is 416 g/mol. The number of rotatable bonds is 5. The number of nitrogens with zero attached hydrogens (tertiary/aromatic N) is 4. The number of hydrogen-bond acceptors (Lipinski definition) is 12. The van der Waals surface area contributed by atoms with Gasteiger partial charge in [-0.05, 0) is 17.7 Å². The molecular formula is C20H20N8O4. The van der Waals surface area contributed by atoms with Gasteiger partial charge in [0, 0.05) is 5.56 Å². The number of anilines is 3. The predicted octanol–water partition coefficient (Wildman–Crippen LogP) is 0.820. The highest BCUT2D eigenvalue weighted by molar-refractivity contribution is 5.98. The fourth-order valence-electron chi connectivity index (χ4n) is 3.46. The van der Waals surface area contributed by atoms with Gasteiger partial charge in [0.2, 0.25) is 5.96 Å². The molecule has 3 heterocycles. The number of benzene rings is 1. The lowest BCUT2D eigenvalue weighted by Crippen LogP contribution is -2.32. The van der Waals surface area contributed by atoms with E-state index in [1.54, 1.807) is 18.2 Å². The summed E-state index contributed by atoms with van der Waals surface area (Å²) >= 11 is 0. The van der Waals surface area contributed by atoms with Crippen molar-refractivity contribution in [3.05, 3.63) is 34.9 Å². The summed E-state index contributed by atoms with van der Waals surface area (Å²) < 4.78 is 22.1. The van der Waals surface area contributed by atoms with Crippen molar-refractivity contribution in [3.63, 3.8) is 0 Å². The maximum atomic E-state index is 9.46. The summed E-state index contributed by atoms with van der Waals surface area (Å²) in [5.41, 5.74) is 13.5. The minimum atomic E-state index is -0.700. The van der Waals surface area contributed by atoms with Gasteiger partial charge in [0.05, 0.1) is 26.0 Å². The maximum absolute atomic E-state index is 9.46. The van der Waals surface area contributed by atoms with Crippen molar-refractivity contribution in [1.82, 2.24) is 10.3 Å². The van der Waals surface area contributed by atoms with Crippen molar-refractivity contribution in [2.24, 2.45) is 4.99 Å². The number of nitrogens with one attached hydrogen (secondary N) is 2. The molecule has 32 heavy (non-hydrogen) atoms. The van der Waals surface area contributed by atoms with Crippen molar-refractivity contribution in [2.75, 3.05) is 43.7 Å². The molecule has 2 aliphatic rings. The van der Waals surface area contributed by atoms with Gasteiger partial charge in [-0.25, -0.2) is 9.98 Å². The van der Waals surface area contributed by atoms with E-state index in [-0.39, 0.29) is 29.6 Å². The molecule has 6 N–H and O–H groups in total. The lowest BCUT2D eigenvalue weighted by Gasteiger charge is -2.26. The molecule has 164 valence electrons. The number of nitriles is 2. The number of nitrogens with two attached hydrogens (primary N) is 2. The van der Waals surface area contributed by atoms with Gasteiger partial charge in [0.25, 0.3) is 0 Å². The Hall–Kier alpha value is -4.26. The summed E-state index contributed by atoms with van der Waals surface area (Å²) in [6.45, 7) is 1.19. The highest BCUT2D eigenvalue weighted by Gasteiger charge is 2.30. The largest absolute Gasteiger partial charge is 0.493 e. The third kappa shape index (κ3) is 3.88. The van der Waals surface area contributed by atoms with Gasteiger partial charge in [-0.1, -0.05) is 6.07 Å². The number of methoxy groups -OCH3 is 1. The fourth-order valence-corrected chi connectivity index (χ4v) is 3.46. The van der Waals surface area contributed by atoms with Gasteiger partial charge in [0.15, 0.2) is 24.0 Å². The summed E-state index contributed by atoms with van der Waals surface area (Å²) in [5.74, 6) is 1.37. The smallest absolute Gasteiger partial charge is 0.211 e. The number of hydrogen-bond donors (Lipinski definition) is 4. The molecule has 1 aromatic heterocycles. The molecule has 1 saturated heterocycles. The molecule has 2 aromatic rings. The van der Waals surface area contributed by atoms with Gasteiger partial charge >= 0.3 is 0 Å². The second kappa shape index (κ2) is 8.85. The Morgan fingerprint density at radius 2 is 2.03 bits per heavy atom. The van der Waals surface area contributed by atoms with E-state index in [0.717, 1.165) is 0 Å². The molecule has 1 aromatic carbocycles. The van der Waals surface area contributed by atoms with E-state index in [2.05, 4.69) is 20.6 Å². The van der Waals surface area contributed by atoms with E-state index in [9.17, 15) is 5.26 Å². The molecule has 0 radical (unpaired) electrons. The normalized spacial score (nSPS) is 17.3. The molecule has 12 nitrogen and oxygen atoms in total. The lowest BCUT2D eigenvalue weighted by molar-refractivity contribution is -0.0687. The van der Waals surface area contributed by atoms with Crippen molar-refractivity contribution in [1.29, 1.82) is 10.5 Å². The quantitative estimate of drug-likeness (QED) is 0.384. The molecule has 0 amide bonds. The SMILES string of the molecule is COc1ccc(C2N=C(NC#N)Nc3nc(N)c(C#N)c(N)c32)cc1OCC1OCCO1. The van der Waals surface area contributed by atoms with Crippen molar-refractivity contribution in [2.45, 2.75) is 12.3 Å². The Bertz CT molecular complexity index is 1150. The van der Waals surface area contributed by atoms with Gasteiger partial charge < -0.3 is 35.7 Å². The van der Waals surface area contributed by atoms with Crippen LogP contribution in [0.3, 0.4) is 0 Å². The number of aromatic nitrogens is 1. The molecule has 12 heteroatoms. The topological polar surface area (TPSA) is 186 Å². The zero-order chi connectivity index (χ0) is 22.7. The zero-order valence-electron chi connectivity index (χ0n) is 17.1. The minimum absolute atomic E-state index is 0.0245. The minimum Gasteiger partial charge on any atom is -0.493 e. The van der Waals surface area contributed by atoms with E-state index < -0.39 is 12.3 Å². The molecule has 1 atom stereocenters. The standard InChI is InChI=1S/C20H20N8O4/c1-29-12-3-2-10(6-13(12)32-8-14-30-4-5-31-14)17-15-16(23)11(7-21)18(24)27-19(15)28-20(26-17)25-9-22/h2-3,6,14,17H,4-5,8H2,1H3,(H6,23,24,25,26,27,28). The summed E-state index contributed by atoms with van der Waals surface area (Å²) in [6, 6.07) is 6.52. The zero-order valence-corrected chi connectivity index (χ0v) is 17.1. The third-order valence-corrected chi connectivity index (χ3v) is 4.93. The summed E-state index contributed by atoms with van der Waals surface area (Å²) in [7, 11) is 1.53. The van der Waals surface area contributed by atoms with Gasteiger partial charge in [-0.3, -0.25) is 5.32 Å². The van der Waals surface area contributed by atoms with Crippen LogP contribution in [-0.2, 0) is 9.47 Å². The number of nitrogen functional groups attached to an aromatic ring is 2. The van der Waals surface area contributed by atoms with E-state index in [0.29, 0.717) is 41.7 Å². The van der Waals surface area contributed by atoms with Gasteiger partial charge in [0.1, 0.15) is 35.9 Å². The predicted molar refractivity (Wildman–Crippen MR) is 114 cm³/mol. The Morgan fingerprint density at radius 1 is 1.25 bits per heavy atom. The van der Waals surface area contributed by atoms with Crippen LogP contribution in [0.25, 0.3) is 0 Å². The average molecular weight is 436 g/mol. The van der Waals surface area contributed by atoms with E-state index >= 15 is 0 Å². The summed E-state index contributed by atoms with van der Waals surface area (Å²) in [5, 5.41) is 23.8. The van der Waals surface area contributed by atoms with Crippen LogP contribution in [0.2, 0.25) is 0 Å². The van der Waals surface area contributed by atoms with Crippen LogP contribution in [-0.4, -0.2) is 44.2 Å². The molecule has 0 aliphatic carbocycles. The number of ether oxygens (including phenoxy) is 4. The van der Waals surface area contributed by atoms with Crippen LogP contribution in [0.15, 0.2) is 23.2 Å². The highest BCUT2D eigenvalue weighted by Crippen LogP contribution is 2.42. The van der Waals surface area contributed by atoms with Crippen LogP contribution in [0, 0.1) is 22.8 Å². The Morgan fingerprint density at radius 3 is 2.72 bits per heavy atom. The molecule has 0 spiro atoms. The average Bonchev–Trinajstić information content (AvgIpc) is 3.31. The first-order chi connectivity index (χ1) is 15.5. The second-order valence-corrected chi connectivity index (χ2v) is 6.79. The summed E-state index contributed by atoms with van der Waals surface area (Å²) in [4.78, 5) is 8.78. The highest BCUT2D eigenvalue weighted by atomic mass is 16.7. The van der Waals surface area contributed by atoms with E-state index in [4.69, 9.17) is 35.7 Å². The van der Waals surface area contributed by atoms with Crippen LogP contribution < -0.4 is 31.6 Å². The molecule has 0 saturated carbocycles. The number of fused-ring (bicyclic) bond motifs is 1. The molecule has 4 rings (SSSR count).